The zero-order chi connectivity index (χ0) is 18.1. The summed E-state index contributed by atoms with van der Waals surface area (Å²) in [6.45, 7) is 3.40. The standard InChI is InChI=1S/C16H15N3O4S2/c1-9-7-13(16(24-3)25-9)15-18(10(2)20)17-14(23-15)11-5-4-6-12(8-11)19(21)22/h4-8,15H,1-3H3/t15-/m0/s1. The van der Waals surface area contributed by atoms with Crippen LogP contribution in [0.15, 0.2) is 39.6 Å². The molecule has 7 nitrogen and oxygen atoms in total. The Kier molecular flexibility index (Phi) is 4.78. The molecule has 130 valence electrons. The molecule has 0 saturated carbocycles. The molecular formula is C16H15N3O4S2. The zero-order valence-corrected chi connectivity index (χ0v) is 15.4. The minimum Gasteiger partial charge on any atom is -0.446 e. The lowest BCUT2D eigenvalue weighted by molar-refractivity contribution is -0.384. The third kappa shape index (κ3) is 3.38. The molecule has 0 unspecified atom stereocenters. The number of hydrogen-bond acceptors (Lipinski definition) is 7. The minimum absolute atomic E-state index is 0.0576. The number of nitro benzene ring substituents is 1. The Bertz CT molecular complexity index is 878. The number of nitro groups is 1. The summed E-state index contributed by atoms with van der Waals surface area (Å²) in [5.74, 6) is -0.0684. The number of thiophene rings is 1. The Balaban J connectivity index is 1.99. The number of nitrogens with zero attached hydrogens (tertiary/aromatic N) is 3. The first-order valence-corrected chi connectivity index (χ1v) is 9.39. The summed E-state index contributed by atoms with van der Waals surface area (Å²) < 4.78 is 6.97. The number of benzene rings is 1. The topological polar surface area (TPSA) is 85.0 Å². The molecule has 0 spiro atoms. The van der Waals surface area contributed by atoms with E-state index >= 15 is 0 Å². The van der Waals surface area contributed by atoms with Gasteiger partial charge in [0.05, 0.1) is 9.13 Å². The van der Waals surface area contributed by atoms with Crippen LogP contribution in [0.5, 0.6) is 0 Å². The van der Waals surface area contributed by atoms with Crippen molar-refractivity contribution in [2.24, 2.45) is 5.10 Å². The molecule has 2 aromatic rings. The summed E-state index contributed by atoms with van der Waals surface area (Å²) in [5.41, 5.74) is 1.27. The minimum atomic E-state index is -0.667. The molecule has 0 aliphatic carbocycles. The van der Waals surface area contributed by atoms with E-state index in [0.717, 1.165) is 14.6 Å². The monoisotopic (exact) mass is 377 g/mol. The van der Waals surface area contributed by atoms with Crippen molar-refractivity contribution in [1.29, 1.82) is 0 Å². The van der Waals surface area contributed by atoms with Crippen molar-refractivity contribution < 1.29 is 14.5 Å². The van der Waals surface area contributed by atoms with Gasteiger partial charge >= 0.3 is 0 Å². The van der Waals surface area contributed by atoms with Gasteiger partial charge in [0, 0.05) is 35.1 Å². The number of amides is 1. The van der Waals surface area contributed by atoms with Gasteiger partial charge < -0.3 is 4.74 Å². The first kappa shape index (κ1) is 17.4. The van der Waals surface area contributed by atoms with Crippen LogP contribution in [0, 0.1) is 17.0 Å². The summed E-state index contributed by atoms with van der Waals surface area (Å²) in [6, 6.07) is 7.98. The molecule has 2 heterocycles. The Labute approximate surface area is 152 Å². The van der Waals surface area contributed by atoms with Crippen LogP contribution in [0.2, 0.25) is 0 Å². The molecule has 0 radical (unpaired) electrons. The molecule has 1 aliphatic heterocycles. The van der Waals surface area contributed by atoms with Crippen molar-refractivity contribution in [3.05, 3.63) is 56.5 Å². The molecule has 1 aromatic carbocycles. The molecule has 1 aromatic heterocycles. The van der Waals surface area contributed by atoms with Gasteiger partial charge in [0.1, 0.15) is 0 Å². The average Bonchev–Trinajstić information content (AvgIpc) is 3.18. The van der Waals surface area contributed by atoms with E-state index in [0.29, 0.717) is 5.56 Å². The van der Waals surface area contributed by atoms with Crippen LogP contribution in [-0.2, 0) is 9.53 Å². The van der Waals surface area contributed by atoms with Gasteiger partial charge in [-0.25, -0.2) is 0 Å². The molecular weight excluding hydrogens is 362 g/mol. The first-order valence-electron chi connectivity index (χ1n) is 7.35. The Morgan fingerprint density at radius 2 is 2.20 bits per heavy atom. The van der Waals surface area contributed by atoms with Crippen molar-refractivity contribution in [2.45, 2.75) is 24.3 Å². The molecule has 0 N–H and O–H groups in total. The summed E-state index contributed by atoms with van der Waals surface area (Å²) in [4.78, 5) is 23.6. The Hall–Kier alpha value is -2.39. The maximum Gasteiger partial charge on any atom is 0.270 e. The maximum atomic E-state index is 12.0. The lowest BCUT2D eigenvalue weighted by atomic mass is 10.2. The molecule has 1 atom stereocenters. The van der Waals surface area contributed by atoms with Crippen molar-refractivity contribution in [3.8, 4) is 0 Å². The van der Waals surface area contributed by atoms with E-state index in [1.165, 1.54) is 24.1 Å². The maximum absolute atomic E-state index is 12.0. The molecule has 1 aliphatic rings. The highest BCUT2D eigenvalue weighted by molar-refractivity contribution is 8.00. The Morgan fingerprint density at radius 3 is 2.84 bits per heavy atom. The Morgan fingerprint density at radius 1 is 1.44 bits per heavy atom. The summed E-state index contributed by atoms with van der Waals surface area (Å²) in [5, 5.41) is 16.5. The lowest BCUT2D eigenvalue weighted by Gasteiger charge is -2.19. The van der Waals surface area contributed by atoms with Crippen molar-refractivity contribution in [3.63, 3.8) is 0 Å². The van der Waals surface area contributed by atoms with E-state index in [9.17, 15) is 14.9 Å². The highest BCUT2D eigenvalue weighted by atomic mass is 32.2. The van der Waals surface area contributed by atoms with E-state index < -0.39 is 11.2 Å². The fraction of sp³-hybridized carbons (Fsp3) is 0.250. The second kappa shape index (κ2) is 6.85. The fourth-order valence-corrected chi connectivity index (χ4v) is 4.36. The third-order valence-electron chi connectivity index (χ3n) is 3.57. The van der Waals surface area contributed by atoms with Gasteiger partial charge in [-0.3, -0.25) is 14.9 Å². The zero-order valence-electron chi connectivity index (χ0n) is 13.8. The van der Waals surface area contributed by atoms with Crippen molar-refractivity contribution in [2.75, 3.05) is 6.26 Å². The number of thioether (sulfide) groups is 1. The van der Waals surface area contributed by atoms with Gasteiger partial charge in [-0.05, 0) is 25.3 Å². The molecule has 0 saturated heterocycles. The van der Waals surface area contributed by atoms with E-state index in [2.05, 4.69) is 5.10 Å². The molecule has 3 rings (SSSR count). The first-order chi connectivity index (χ1) is 11.9. The largest absolute Gasteiger partial charge is 0.446 e. The van der Waals surface area contributed by atoms with E-state index in [-0.39, 0.29) is 17.5 Å². The predicted octanol–water partition coefficient (Wildman–Crippen LogP) is 3.93. The van der Waals surface area contributed by atoms with E-state index in [4.69, 9.17) is 4.74 Å². The quantitative estimate of drug-likeness (QED) is 0.458. The second-order valence-electron chi connectivity index (χ2n) is 5.35. The number of hydrazone groups is 1. The van der Waals surface area contributed by atoms with E-state index in [1.54, 1.807) is 35.2 Å². The van der Waals surface area contributed by atoms with Crippen LogP contribution in [0.1, 0.15) is 29.2 Å². The van der Waals surface area contributed by atoms with Crippen LogP contribution >= 0.6 is 23.1 Å². The summed E-state index contributed by atoms with van der Waals surface area (Å²) >= 11 is 3.20. The number of carbonyl (C=O) groups is 1. The number of rotatable bonds is 4. The highest BCUT2D eigenvalue weighted by Crippen LogP contribution is 2.40. The van der Waals surface area contributed by atoms with Gasteiger partial charge in [0.15, 0.2) is 0 Å². The number of carbonyl (C=O) groups excluding carboxylic acids is 1. The molecule has 0 fully saturated rings. The summed E-state index contributed by atoms with van der Waals surface area (Å²) in [7, 11) is 0. The van der Waals surface area contributed by atoms with Gasteiger partial charge in [0.25, 0.3) is 5.69 Å². The lowest BCUT2D eigenvalue weighted by Crippen LogP contribution is -2.25. The second-order valence-corrected chi connectivity index (χ2v) is 7.68. The van der Waals surface area contributed by atoms with Gasteiger partial charge in [-0.15, -0.1) is 28.2 Å². The predicted molar refractivity (Wildman–Crippen MR) is 96.8 cm³/mol. The van der Waals surface area contributed by atoms with Crippen LogP contribution in [0.4, 0.5) is 5.69 Å². The van der Waals surface area contributed by atoms with Crippen molar-refractivity contribution in [1.82, 2.24) is 5.01 Å². The van der Waals surface area contributed by atoms with Gasteiger partial charge in [0.2, 0.25) is 18.0 Å². The SMILES string of the molecule is CSc1sc(C)cc1[C@@H]1OC(c2cccc([N+](=O)[O-])c2)=NN1C(C)=O. The van der Waals surface area contributed by atoms with Crippen molar-refractivity contribution >= 4 is 40.6 Å². The summed E-state index contributed by atoms with van der Waals surface area (Å²) in [6.07, 6.45) is 1.30. The van der Waals surface area contributed by atoms with Crippen LogP contribution < -0.4 is 0 Å². The molecule has 25 heavy (non-hydrogen) atoms. The fourth-order valence-electron chi connectivity index (χ4n) is 2.48. The molecule has 9 heteroatoms. The number of non-ortho nitro benzene ring substituents is 1. The van der Waals surface area contributed by atoms with E-state index in [1.807, 2.05) is 19.2 Å². The number of ether oxygens (including phenoxy) is 1. The highest BCUT2D eigenvalue weighted by Gasteiger charge is 2.35. The van der Waals surface area contributed by atoms with Gasteiger partial charge in [-0.2, -0.15) is 5.01 Å². The average molecular weight is 377 g/mol. The van der Waals surface area contributed by atoms with Gasteiger partial charge in [-0.1, -0.05) is 6.07 Å². The smallest absolute Gasteiger partial charge is 0.270 e. The molecule has 1 amide bonds. The van der Waals surface area contributed by atoms with Crippen LogP contribution in [-0.4, -0.2) is 28.0 Å². The normalized spacial score (nSPS) is 16.5. The third-order valence-corrected chi connectivity index (χ3v) is 5.79. The number of hydrogen-bond donors (Lipinski definition) is 0. The van der Waals surface area contributed by atoms with Crippen LogP contribution in [0.25, 0.3) is 0 Å². The van der Waals surface area contributed by atoms with Crippen LogP contribution in [0.3, 0.4) is 0 Å². The molecule has 0 bridgehead atoms. The number of aryl methyl sites for hydroxylation is 1.